The van der Waals surface area contributed by atoms with Crippen molar-refractivity contribution in [3.63, 3.8) is 0 Å². The molecule has 0 bridgehead atoms. The third-order valence-electron chi connectivity index (χ3n) is 4.73. The highest BCUT2D eigenvalue weighted by Gasteiger charge is 2.21. The molecule has 0 aliphatic heterocycles. The number of rotatable bonds is 6. The van der Waals surface area contributed by atoms with E-state index >= 15 is 0 Å². The van der Waals surface area contributed by atoms with E-state index in [0.717, 1.165) is 0 Å². The van der Waals surface area contributed by atoms with Gasteiger partial charge in [-0.25, -0.2) is 16.8 Å². The monoisotopic (exact) mass is 540 g/mol. The Morgan fingerprint density at radius 2 is 1.03 bits per heavy atom. The molecule has 0 amide bonds. The van der Waals surface area contributed by atoms with E-state index < -0.39 is 20.0 Å². The van der Waals surface area contributed by atoms with Crippen molar-refractivity contribution in [2.24, 2.45) is 0 Å². The van der Waals surface area contributed by atoms with Crippen LogP contribution in [-0.4, -0.2) is 16.8 Å². The Balaban J connectivity index is 1.77. The fourth-order valence-electron chi connectivity index (χ4n) is 3.15. The molecule has 170 valence electrons. The maximum Gasteiger partial charge on any atom is 0.261 e. The third kappa shape index (κ3) is 5.05. The summed E-state index contributed by atoms with van der Waals surface area (Å²) in [5, 5.41) is 1.68. The van der Waals surface area contributed by atoms with Crippen molar-refractivity contribution in [3.8, 4) is 0 Å². The fraction of sp³-hybridized carbons (Fsp3) is 0. The van der Waals surface area contributed by atoms with Crippen LogP contribution in [0.5, 0.6) is 0 Å². The van der Waals surface area contributed by atoms with Crippen LogP contribution >= 0.6 is 34.8 Å². The molecule has 0 saturated heterocycles. The first kappa shape index (κ1) is 23.7. The Kier molecular flexibility index (Phi) is 6.48. The van der Waals surface area contributed by atoms with Crippen molar-refractivity contribution in [1.29, 1.82) is 0 Å². The van der Waals surface area contributed by atoms with Gasteiger partial charge in [0.15, 0.2) is 0 Å². The van der Waals surface area contributed by atoms with E-state index in [1.807, 2.05) is 0 Å². The number of nitrogens with one attached hydrogen (secondary N) is 2. The van der Waals surface area contributed by atoms with E-state index in [0.29, 0.717) is 20.8 Å². The molecule has 2 N–H and O–H groups in total. The summed E-state index contributed by atoms with van der Waals surface area (Å²) >= 11 is 18.1. The fourth-order valence-corrected chi connectivity index (χ4v) is 5.89. The van der Waals surface area contributed by atoms with Crippen molar-refractivity contribution in [3.05, 3.63) is 93.9 Å². The zero-order valence-corrected chi connectivity index (χ0v) is 20.5. The molecule has 4 rings (SSSR count). The Morgan fingerprint density at radius 3 is 1.55 bits per heavy atom. The largest absolute Gasteiger partial charge is 0.279 e. The molecule has 0 spiro atoms. The molecule has 6 nitrogen and oxygen atoms in total. The molecule has 33 heavy (non-hydrogen) atoms. The third-order valence-corrected chi connectivity index (χ3v) is 8.27. The lowest BCUT2D eigenvalue weighted by atomic mass is 10.1. The first-order chi connectivity index (χ1) is 15.6. The molecule has 0 heterocycles. The van der Waals surface area contributed by atoms with Gasteiger partial charge in [0.25, 0.3) is 20.0 Å². The van der Waals surface area contributed by atoms with Crippen LogP contribution in [0.15, 0.2) is 88.7 Å². The van der Waals surface area contributed by atoms with E-state index in [2.05, 4.69) is 9.44 Å². The van der Waals surface area contributed by atoms with E-state index in [4.69, 9.17) is 34.8 Å². The van der Waals surface area contributed by atoms with Gasteiger partial charge >= 0.3 is 0 Å². The molecule has 0 unspecified atom stereocenters. The smallest absolute Gasteiger partial charge is 0.261 e. The van der Waals surface area contributed by atoms with Crippen LogP contribution in [0.1, 0.15) is 0 Å². The van der Waals surface area contributed by atoms with Gasteiger partial charge in [-0.05, 0) is 54.6 Å². The second kappa shape index (κ2) is 9.04. The van der Waals surface area contributed by atoms with Crippen molar-refractivity contribution in [2.45, 2.75) is 9.79 Å². The number of hydrogen-bond acceptors (Lipinski definition) is 4. The molecule has 0 fully saturated rings. The van der Waals surface area contributed by atoms with Crippen LogP contribution < -0.4 is 9.44 Å². The molecule has 11 heteroatoms. The molecule has 0 saturated carbocycles. The van der Waals surface area contributed by atoms with E-state index in [1.165, 1.54) is 54.6 Å². The zero-order valence-electron chi connectivity index (χ0n) is 16.6. The average molecular weight is 542 g/mol. The van der Waals surface area contributed by atoms with Crippen LogP contribution in [0.2, 0.25) is 15.1 Å². The highest BCUT2D eigenvalue weighted by Crippen LogP contribution is 2.38. The molecule has 0 aliphatic rings. The lowest BCUT2D eigenvalue weighted by Gasteiger charge is -2.17. The SMILES string of the molecule is O=S(=O)(Nc1cc(Cl)c(NS(=O)(=O)c2ccc(Cl)cc2)c2ccccc12)c1ccc(Cl)cc1. The summed E-state index contributed by atoms with van der Waals surface area (Å²) in [6.07, 6.45) is 0. The summed E-state index contributed by atoms with van der Waals surface area (Å²) in [5.74, 6) is 0. The molecule has 0 aromatic heterocycles. The minimum absolute atomic E-state index is 0.000402. The summed E-state index contributed by atoms with van der Waals surface area (Å²) in [6, 6.07) is 19.4. The number of sulfonamides is 2. The molecular weight excluding hydrogens is 527 g/mol. The van der Waals surface area contributed by atoms with Gasteiger partial charge in [-0.2, -0.15) is 0 Å². The molecular formula is C22H15Cl3N2O4S2. The van der Waals surface area contributed by atoms with Crippen molar-refractivity contribution in [2.75, 3.05) is 9.44 Å². The lowest BCUT2D eigenvalue weighted by molar-refractivity contribution is 0.599. The summed E-state index contributed by atoms with van der Waals surface area (Å²) in [6.45, 7) is 0. The Bertz CT molecular complexity index is 1560. The topological polar surface area (TPSA) is 92.3 Å². The Labute approximate surface area is 206 Å². The highest BCUT2D eigenvalue weighted by molar-refractivity contribution is 7.93. The predicted molar refractivity (Wildman–Crippen MR) is 133 cm³/mol. The van der Waals surface area contributed by atoms with Crippen LogP contribution in [0.3, 0.4) is 0 Å². The van der Waals surface area contributed by atoms with Crippen LogP contribution in [0, 0.1) is 0 Å². The van der Waals surface area contributed by atoms with Crippen molar-refractivity contribution >= 4 is 77.0 Å². The van der Waals surface area contributed by atoms with E-state index in [1.54, 1.807) is 24.3 Å². The first-order valence-electron chi connectivity index (χ1n) is 9.35. The first-order valence-corrected chi connectivity index (χ1v) is 13.4. The van der Waals surface area contributed by atoms with E-state index in [9.17, 15) is 16.8 Å². The van der Waals surface area contributed by atoms with Gasteiger partial charge in [-0.3, -0.25) is 9.44 Å². The molecule has 0 aliphatic carbocycles. The molecule has 4 aromatic carbocycles. The maximum absolute atomic E-state index is 12.9. The van der Waals surface area contributed by atoms with Gasteiger partial charge in [-0.1, -0.05) is 59.1 Å². The summed E-state index contributed by atoms with van der Waals surface area (Å²) < 4.78 is 56.6. The molecule has 0 radical (unpaired) electrons. The molecule has 0 atom stereocenters. The zero-order chi connectivity index (χ0) is 23.8. The Morgan fingerprint density at radius 1 is 0.576 bits per heavy atom. The second-order valence-electron chi connectivity index (χ2n) is 6.95. The van der Waals surface area contributed by atoms with Gasteiger partial charge in [-0.15, -0.1) is 0 Å². The summed E-state index contributed by atoms with van der Waals surface area (Å²) in [5.41, 5.74) is 0.316. The maximum atomic E-state index is 12.9. The normalized spacial score (nSPS) is 12.0. The number of anilines is 2. The standard InChI is InChI=1S/C22H15Cl3N2O4S2/c23-14-5-9-16(10-6-14)32(28,29)26-21-13-20(25)22(19-4-2-1-3-18(19)21)27-33(30,31)17-11-7-15(24)8-12-17/h1-13,26-27H. The van der Waals surface area contributed by atoms with Crippen LogP contribution in [0.25, 0.3) is 10.8 Å². The van der Waals surface area contributed by atoms with Gasteiger partial charge < -0.3 is 0 Å². The average Bonchev–Trinajstić information content (AvgIpc) is 2.77. The highest BCUT2D eigenvalue weighted by atomic mass is 35.5. The van der Waals surface area contributed by atoms with Gasteiger partial charge in [0.2, 0.25) is 0 Å². The van der Waals surface area contributed by atoms with Crippen molar-refractivity contribution < 1.29 is 16.8 Å². The number of hydrogen-bond donors (Lipinski definition) is 2. The van der Waals surface area contributed by atoms with Crippen molar-refractivity contribution in [1.82, 2.24) is 0 Å². The Hall–Kier alpha value is -2.49. The summed E-state index contributed by atoms with van der Waals surface area (Å²) in [7, 11) is -7.94. The number of halogens is 3. The number of benzene rings is 4. The number of fused-ring (bicyclic) bond motifs is 1. The van der Waals surface area contributed by atoms with E-state index in [-0.39, 0.29) is 26.2 Å². The van der Waals surface area contributed by atoms with Gasteiger partial charge in [0.1, 0.15) is 0 Å². The molecule has 4 aromatic rings. The summed E-state index contributed by atoms with van der Waals surface area (Å²) in [4.78, 5) is 0.0131. The van der Waals surface area contributed by atoms with Gasteiger partial charge in [0.05, 0.1) is 26.2 Å². The lowest BCUT2D eigenvalue weighted by Crippen LogP contribution is -2.15. The van der Waals surface area contributed by atoms with Crippen LogP contribution in [0.4, 0.5) is 11.4 Å². The quantitative estimate of drug-likeness (QED) is 0.295. The van der Waals surface area contributed by atoms with Crippen LogP contribution in [-0.2, 0) is 20.0 Å². The minimum Gasteiger partial charge on any atom is -0.279 e. The minimum atomic E-state index is -3.98. The van der Waals surface area contributed by atoms with Gasteiger partial charge in [0, 0.05) is 20.8 Å². The predicted octanol–water partition coefficient (Wildman–Crippen LogP) is 6.40. The second-order valence-corrected chi connectivity index (χ2v) is 11.6.